The van der Waals surface area contributed by atoms with E-state index in [1.807, 2.05) is 47.6 Å². The summed E-state index contributed by atoms with van der Waals surface area (Å²) in [5, 5.41) is 0. The van der Waals surface area contributed by atoms with Crippen molar-refractivity contribution in [3.05, 3.63) is 28.8 Å². The lowest BCUT2D eigenvalue weighted by molar-refractivity contribution is -0.128. The van der Waals surface area contributed by atoms with Crippen LogP contribution in [0.5, 0.6) is 5.75 Å². The van der Waals surface area contributed by atoms with Gasteiger partial charge in [-0.15, -0.1) is 0 Å². The van der Waals surface area contributed by atoms with Gasteiger partial charge >= 0.3 is 0 Å². The first-order chi connectivity index (χ1) is 7.73. The van der Waals surface area contributed by atoms with E-state index in [0.29, 0.717) is 0 Å². The molecule has 0 atom stereocenters. The Morgan fingerprint density at radius 3 is 2.18 bits per heavy atom. The van der Waals surface area contributed by atoms with Gasteiger partial charge in [-0.2, -0.15) is 0 Å². The summed E-state index contributed by atoms with van der Waals surface area (Å²) in [5.74, 6) is 0.973. The van der Waals surface area contributed by atoms with Gasteiger partial charge < -0.3 is 4.74 Å². The summed E-state index contributed by atoms with van der Waals surface area (Å²) >= 11 is 0. The number of carbonyl (C=O) groups is 1. The minimum atomic E-state index is -0.342. The van der Waals surface area contributed by atoms with Gasteiger partial charge in [0.15, 0.2) is 5.78 Å². The van der Waals surface area contributed by atoms with Crippen LogP contribution in [-0.2, 0) is 4.79 Å². The molecular weight excluding hydrogens is 212 g/mol. The number of benzene rings is 1. The van der Waals surface area contributed by atoms with E-state index in [4.69, 9.17) is 4.74 Å². The van der Waals surface area contributed by atoms with Gasteiger partial charge in [0, 0.05) is 5.41 Å². The standard InChI is InChI=1S/C15H22O2/c1-10-7-8-11(2)14(12(10)3)17-9-13(16)15(4,5)6/h7-8H,9H2,1-6H3. The monoisotopic (exact) mass is 234 g/mol. The fourth-order valence-electron chi connectivity index (χ4n) is 1.50. The van der Waals surface area contributed by atoms with Crippen LogP contribution in [0.25, 0.3) is 0 Å². The first-order valence-corrected chi connectivity index (χ1v) is 5.96. The number of ketones is 1. The molecule has 2 nitrogen and oxygen atoms in total. The summed E-state index contributed by atoms with van der Waals surface area (Å²) in [6.45, 7) is 12.0. The van der Waals surface area contributed by atoms with Crippen molar-refractivity contribution in [1.82, 2.24) is 0 Å². The van der Waals surface area contributed by atoms with Crippen LogP contribution in [-0.4, -0.2) is 12.4 Å². The third-order valence-corrected chi connectivity index (χ3v) is 3.06. The fourth-order valence-corrected chi connectivity index (χ4v) is 1.50. The number of hydrogen-bond acceptors (Lipinski definition) is 2. The molecule has 1 rings (SSSR count). The second kappa shape index (κ2) is 4.91. The molecule has 0 spiro atoms. The number of rotatable bonds is 3. The third kappa shape index (κ3) is 3.32. The molecule has 2 heteroatoms. The van der Waals surface area contributed by atoms with Crippen LogP contribution in [0.3, 0.4) is 0 Å². The molecule has 0 bridgehead atoms. The number of ether oxygens (including phenoxy) is 1. The summed E-state index contributed by atoms with van der Waals surface area (Å²) in [6, 6.07) is 4.10. The lowest BCUT2D eigenvalue weighted by Gasteiger charge is -2.19. The van der Waals surface area contributed by atoms with Crippen LogP contribution >= 0.6 is 0 Å². The molecule has 17 heavy (non-hydrogen) atoms. The largest absolute Gasteiger partial charge is 0.485 e. The van der Waals surface area contributed by atoms with Crippen molar-refractivity contribution in [2.24, 2.45) is 5.41 Å². The van der Waals surface area contributed by atoms with Crippen LogP contribution in [0.15, 0.2) is 12.1 Å². The Bertz CT molecular complexity index is 425. The minimum absolute atomic E-state index is 0.123. The Balaban J connectivity index is 2.84. The van der Waals surface area contributed by atoms with Crippen LogP contribution in [0.2, 0.25) is 0 Å². The van der Waals surface area contributed by atoms with Crippen molar-refractivity contribution < 1.29 is 9.53 Å². The molecule has 0 fully saturated rings. The van der Waals surface area contributed by atoms with Gasteiger partial charge in [-0.1, -0.05) is 32.9 Å². The second-order valence-electron chi connectivity index (χ2n) is 5.62. The van der Waals surface area contributed by atoms with Gasteiger partial charge in [0.05, 0.1) is 0 Å². The zero-order chi connectivity index (χ0) is 13.2. The Hall–Kier alpha value is -1.31. The van der Waals surface area contributed by atoms with Gasteiger partial charge in [0.2, 0.25) is 0 Å². The highest BCUT2D eigenvalue weighted by molar-refractivity contribution is 5.85. The molecule has 0 heterocycles. The summed E-state index contributed by atoms with van der Waals surface area (Å²) in [6.07, 6.45) is 0. The van der Waals surface area contributed by atoms with Crippen LogP contribution in [0, 0.1) is 26.2 Å². The minimum Gasteiger partial charge on any atom is -0.485 e. The van der Waals surface area contributed by atoms with E-state index >= 15 is 0 Å². The summed E-state index contributed by atoms with van der Waals surface area (Å²) in [7, 11) is 0. The molecule has 0 aliphatic heterocycles. The highest BCUT2D eigenvalue weighted by Crippen LogP contribution is 2.26. The Morgan fingerprint density at radius 2 is 1.65 bits per heavy atom. The first kappa shape index (κ1) is 13.8. The predicted octanol–water partition coefficient (Wildman–Crippen LogP) is 3.61. The van der Waals surface area contributed by atoms with Crippen molar-refractivity contribution in [3.8, 4) is 5.75 Å². The highest BCUT2D eigenvalue weighted by atomic mass is 16.5. The molecule has 0 saturated heterocycles. The molecule has 0 unspecified atom stereocenters. The van der Waals surface area contributed by atoms with Crippen LogP contribution in [0.4, 0.5) is 0 Å². The average Bonchev–Trinajstić information content (AvgIpc) is 2.22. The predicted molar refractivity (Wildman–Crippen MR) is 70.6 cm³/mol. The van der Waals surface area contributed by atoms with Gasteiger partial charge in [-0.3, -0.25) is 4.79 Å². The number of hydrogen-bond donors (Lipinski definition) is 0. The van der Waals surface area contributed by atoms with E-state index in [0.717, 1.165) is 16.9 Å². The average molecular weight is 234 g/mol. The molecule has 0 N–H and O–H groups in total. The van der Waals surface area contributed by atoms with Crippen LogP contribution < -0.4 is 4.74 Å². The van der Waals surface area contributed by atoms with E-state index in [-0.39, 0.29) is 17.8 Å². The van der Waals surface area contributed by atoms with Gasteiger partial charge in [-0.25, -0.2) is 0 Å². The van der Waals surface area contributed by atoms with Crippen molar-refractivity contribution in [2.75, 3.05) is 6.61 Å². The van der Waals surface area contributed by atoms with Crippen molar-refractivity contribution in [2.45, 2.75) is 41.5 Å². The Labute approximate surface area is 104 Å². The summed E-state index contributed by atoms with van der Waals surface area (Å²) in [5.41, 5.74) is 3.04. The third-order valence-electron chi connectivity index (χ3n) is 3.06. The van der Waals surface area contributed by atoms with Crippen molar-refractivity contribution in [1.29, 1.82) is 0 Å². The maximum absolute atomic E-state index is 11.8. The van der Waals surface area contributed by atoms with Crippen LogP contribution in [0.1, 0.15) is 37.5 Å². The number of Topliss-reactive ketones (excluding diaryl/α,β-unsaturated/α-hetero) is 1. The van der Waals surface area contributed by atoms with Gasteiger partial charge in [-0.05, 0) is 37.5 Å². The lowest BCUT2D eigenvalue weighted by atomic mass is 9.91. The van der Waals surface area contributed by atoms with E-state index in [2.05, 4.69) is 6.07 Å². The molecule has 1 aromatic rings. The quantitative estimate of drug-likeness (QED) is 0.798. The molecule has 1 aromatic carbocycles. The van der Waals surface area contributed by atoms with E-state index in [1.54, 1.807) is 0 Å². The molecule has 0 amide bonds. The summed E-state index contributed by atoms with van der Waals surface area (Å²) in [4.78, 5) is 11.8. The summed E-state index contributed by atoms with van der Waals surface area (Å²) < 4.78 is 5.69. The smallest absolute Gasteiger partial charge is 0.175 e. The van der Waals surface area contributed by atoms with Gasteiger partial charge in [0.25, 0.3) is 0 Å². The molecule has 94 valence electrons. The van der Waals surface area contributed by atoms with Gasteiger partial charge in [0.1, 0.15) is 12.4 Å². The highest BCUT2D eigenvalue weighted by Gasteiger charge is 2.22. The normalized spacial score (nSPS) is 11.4. The van der Waals surface area contributed by atoms with E-state index < -0.39 is 0 Å². The van der Waals surface area contributed by atoms with Crippen molar-refractivity contribution >= 4 is 5.78 Å². The van der Waals surface area contributed by atoms with E-state index in [9.17, 15) is 4.79 Å². The zero-order valence-electron chi connectivity index (χ0n) is 11.7. The lowest BCUT2D eigenvalue weighted by Crippen LogP contribution is -2.26. The SMILES string of the molecule is Cc1ccc(C)c(OCC(=O)C(C)(C)C)c1C. The topological polar surface area (TPSA) is 26.3 Å². The van der Waals surface area contributed by atoms with E-state index in [1.165, 1.54) is 5.56 Å². The molecular formula is C15H22O2. The molecule has 0 radical (unpaired) electrons. The van der Waals surface area contributed by atoms with Crippen molar-refractivity contribution in [3.63, 3.8) is 0 Å². The number of aryl methyl sites for hydroxylation is 2. The number of carbonyl (C=O) groups excluding carboxylic acids is 1. The molecule has 0 aliphatic carbocycles. The maximum Gasteiger partial charge on any atom is 0.175 e. The molecule has 0 aliphatic rings. The Kier molecular flexibility index (Phi) is 3.97. The fraction of sp³-hybridized carbons (Fsp3) is 0.533. The molecule has 0 saturated carbocycles. The zero-order valence-corrected chi connectivity index (χ0v) is 11.7. The second-order valence-corrected chi connectivity index (χ2v) is 5.62. The first-order valence-electron chi connectivity index (χ1n) is 5.96. The molecule has 0 aromatic heterocycles. The Morgan fingerprint density at radius 1 is 1.12 bits per heavy atom. The maximum atomic E-state index is 11.8.